The fraction of sp³-hybridized carbons (Fsp3) is 0.474. The highest BCUT2D eigenvalue weighted by atomic mass is 16.5. The first kappa shape index (κ1) is 17.3. The summed E-state index contributed by atoms with van der Waals surface area (Å²) in [7, 11) is 0. The van der Waals surface area contributed by atoms with Crippen molar-refractivity contribution in [2.45, 2.75) is 18.9 Å². The predicted molar refractivity (Wildman–Crippen MR) is 105 cm³/mol. The smallest absolute Gasteiger partial charge is 0.184 e. The third-order valence-corrected chi connectivity index (χ3v) is 5.32. The summed E-state index contributed by atoms with van der Waals surface area (Å²) in [5.74, 6) is 1.48. The van der Waals surface area contributed by atoms with Gasteiger partial charge in [0.15, 0.2) is 22.8 Å². The van der Waals surface area contributed by atoms with Crippen molar-refractivity contribution >= 4 is 22.7 Å². The number of fused-ring (bicyclic) bond motifs is 1. The highest BCUT2D eigenvalue weighted by Crippen LogP contribution is 2.30. The molecule has 146 valence electrons. The van der Waals surface area contributed by atoms with Gasteiger partial charge in [-0.25, -0.2) is 14.6 Å². The van der Waals surface area contributed by atoms with Gasteiger partial charge in [-0.1, -0.05) is 5.21 Å². The summed E-state index contributed by atoms with van der Waals surface area (Å²) in [5.41, 5.74) is 9.00. The number of anilines is 2. The summed E-state index contributed by atoms with van der Waals surface area (Å²) in [5, 5.41) is 8.92. The lowest BCUT2D eigenvalue weighted by Crippen LogP contribution is -2.37. The molecule has 9 nitrogen and oxygen atoms in total. The van der Waals surface area contributed by atoms with Gasteiger partial charge in [-0.05, 0) is 37.1 Å². The summed E-state index contributed by atoms with van der Waals surface area (Å²) in [6.07, 6.45) is 1.82. The molecule has 3 aromatic rings. The van der Waals surface area contributed by atoms with Gasteiger partial charge in [0.05, 0.1) is 19.3 Å². The minimum absolute atomic E-state index is 0.241. The zero-order valence-corrected chi connectivity index (χ0v) is 15.6. The van der Waals surface area contributed by atoms with E-state index in [0.717, 1.165) is 61.7 Å². The molecule has 0 bridgehead atoms. The Hall–Kier alpha value is -2.78. The Bertz CT molecular complexity index is 960. The van der Waals surface area contributed by atoms with E-state index in [4.69, 9.17) is 25.2 Å². The average Bonchev–Trinajstić information content (AvgIpc) is 3.19. The molecule has 4 heterocycles. The van der Waals surface area contributed by atoms with Crippen molar-refractivity contribution < 1.29 is 9.47 Å². The van der Waals surface area contributed by atoms with Crippen molar-refractivity contribution in [3.05, 3.63) is 24.3 Å². The molecule has 2 aliphatic rings. The van der Waals surface area contributed by atoms with Gasteiger partial charge in [0, 0.05) is 37.6 Å². The lowest BCUT2D eigenvalue weighted by Gasteiger charge is -2.28. The van der Waals surface area contributed by atoms with Crippen LogP contribution in [0.4, 0.5) is 11.5 Å². The number of aromatic nitrogens is 5. The van der Waals surface area contributed by atoms with Crippen LogP contribution in [0.3, 0.4) is 0 Å². The van der Waals surface area contributed by atoms with E-state index in [2.05, 4.69) is 15.2 Å². The number of nitrogen functional groups attached to an aromatic ring is 1. The predicted octanol–water partition coefficient (Wildman–Crippen LogP) is 1.66. The molecule has 0 saturated carbocycles. The second-order valence-electron chi connectivity index (χ2n) is 7.14. The molecule has 1 aromatic carbocycles. The quantitative estimate of drug-likeness (QED) is 0.683. The number of hydrogen-bond acceptors (Lipinski definition) is 8. The van der Waals surface area contributed by atoms with E-state index < -0.39 is 0 Å². The van der Waals surface area contributed by atoms with Gasteiger partial charge in [0.1, 0.15) is 0 Å². The van der Waals surface area contributed by atoms with Crippen LogP contribution in [0.5, 0.6) is 0 Å². The van der Waals surface area contributed by atoms with Crippen molar-refractivity contribution in [2.75, 3.05) is 50.2 Å². The monoisotopic (exact) mass is 381 g/mol. The van der Waals surface area contributed by atoms with E-state index in [1.165, 1.54) is 0 Å². The summed E-state index contributed by atoms with van der Waals surface area (Å²) in [6.45, 7) is 4.37. The van der Waals surface area contributed by atoms with Crippen LogP contribution in [0.2, 0.25) is 0 Å². The lowest BCUT2D eigenvalue weighted by molar-refractivity contribution is 0.0668. The topological polar surface area (TPSA) is 104 Å². The van der Waals surface area contributed by atoms with Crippen LogP contribution in [0, 0.1) is 0 Å². The standard InChI is InChI=1S/C19H23N7O2/c20-14-3-1-13(2-4-14)17-21-18(25-7-11-28-12-8-25)16-19(22-17)26(24-23-16)15-5-9-27-10-6-15/h1-4,15H,5-12,20H2. The number of nitrogens with two attached hydrogens (primary N) is 1. The Kier molecular flexibility index (Phi) is 4.53. The van der Waals surface area contributed by atoms with E-state index in [1.54, 1.807) is 0 Å². The Morgan fingerprint density at radius 3 is 2.39 bits per heavy atom. The molecule has 5 rings (SSSR count). The van der Waals surface area contributed by atoms with E-state index in [-0.39, 0.29) is 6.04 Å². The summed E-state index contributed by atoms with van der Waals surface area (Å²) >= 11 is 0. The Labute approximate surface area is 162 Å². The summed E-state index contributed by atoms with van der Waals surface area (Å²) in [4.78, 5) is 11.9. The molecule has 0 unspecified atom stereocenters. The molecule has 2 aromatic heterocycles. The van der Waals surface area contributed by atoms with Crippen molar-refractivity contribution in [3.8, 4) is 11.4 Å². The van der Waals surface area contributed by atoms with E-state index >= 15 is 0 Å². The molecule has 0 atom stereocenters. The normalized spacial score (nSPS) is 18.6. The van der Waals surface area contributed by atoms with Gasteiger partial charge in [-0.3, -0.25) is 0 Å². The van der Waals surface area contributed by atoms with Gasteiger partial charge < -0.3 is 20.1 Å². The molecule has 0 radical (unpaired) electrons. The number of hydrogen-bond donors (Lipinski definition) is 1. The molecule has 0 amide bonds. The molecule has 0 spiro atoms. The first-order valence-corrected chi connectivity index (χ1v) is 9.69. The van der Waals surface area contributed by atoms with Crippen LogP contribution < -0.4 is 10.6 Å². The third-order valence-electron chi connectivity index (χ3n) is 5.32. The summed E-state index contributed by atoms with van der Waals surface area (Å²) in [6, 6.07) is 7.87. The van der Waals surface area contributed by atoms with Gasteiger partial charge >= 0.3 is 0 Å². The number of morpholine rings is 1. The van der Waals surface area contributed by atoms with Crippen LogP contribution in [-0.2, 0) is 9.47 Å². The maximum Gasteiger partial charge on any atom is 0.184 e. The van der Waals surface area contributed by atoms with Gasteiger partial charge in [0.25, 0.3) is 0 Å². The van der Waals surface area contributed by atoms with Crippen molar-refractivity contribution in [1.29, 1.82) is 0 Å². The fourth-order valence-corrected chi connectivity index (χ4v) is 3.75. The first-order valence-electron chi connectivity index (χ1n) is 9.69. The van der Waals surface area contributed by atoms with Crippen molar-refractivity contribution in [3.63, 3.8) is 0 Å². The number of ether oxygens (including phenoxy) is 2. The van der Waals surface area contributed by atoms with Crippen LogP contribution in [0.15, 0.2) is 24.3 Å². The minimum atomic E-state index is 0.241. The highest BCUT2D eigenvalue weighted by Gasteiger charge is 2.25. The highest BCUT2D eigenvalue weighted by molar-refractivity contribution is 5.85. The Balaban J connectivity index is 1.65. The average molecular weight is 381 g/mol. The zero-order chi connectivity index (χ0) is 18.9. The number of benzene rings is 1. The minimum Gasteiger partial charge on any atom is -0.399 e. The molecule has 0 aliphatic carbocycles. The van der Waals surface area contributed by atoms with Crippen LogP contribution >= 0.6 is 0 Å². The van der Waals surface area contributed by atoms with Crippen LogP contribution in [0.1, 0.15) is 18.9 Å². The molecular formula is C19H23N7O2. The van der Waals surface area contributed by atoms with E-state index in [1.807, 2.05) is 28.9 Å². The van der Waals surface area contributed by atoms with Crippen molar-refractivity contribution in [1.82, 2.24) is 25.0 Å². The van der Waals surface area contributed by atoms with Gasteiger partial charge in [0.2, 0.25) is 0 Å². The molecular weight excluding hydrogens is 358 g/mol. The van der Waals surface area contributed by atoms with E-state index in [0.29, 0.717) is 24.7 Å². The summed E-state index contributed by atoms with van der Waals surface area (Å²) < 4.78 is 13.0. The maximum absolute atomic E-state index is 5.85. The lowest BCUT2D eigenvalue weighted by atomic mass is 10.1. The number of nitrogens with zero attached hydrogens (tertiary/aromatic N) is 6. The molecule has 2 fully saturated rings. The third kappa shape index (κ3) is 3.16. The molecule has 28 heavy (non-hydrogen) atoms. The second-order valence-corrected chi connectivity index (χ2v) is 7.14. The van der Waals surface area contributed by atoms with Crippen LogP contribution in [0.25, 0.3) is 22.6 Å². The Morgan fingerprint density at radius 1 is 0.929 bits per heavy atom. The molecule has 2 saturated heterocycles. The van der Waals surface area contributed by atoms with Gasteiger partial charge in [-0.2, -0.15) is 0 Å². The van der Waals surface area contributed by atoms with Crippen molar-refractivity contribution in [2.24, 2.45) is 0 Å². The SMILES string of the molecule is Nc1ccc(-c2nc(N3CCOCC3)c3nnn(C4CCOCC4)c3n2)cc1. The van der Waals surface area contributed by atoms with E-state index in [9.17, 15) is 0 Å². The first-order chi connectivity index (χ1) is 13.8. The maximum atomic E-state index is 5.85. The molecule has 2 aliphatic heterocycles. The second kappa shape index (κ2) is 7.33. The Morgan fingerprint density at radius 2 is 1.64 bits per heavy atom. The largest absolute Gasteiger partial charge is 0.399 e. The fourth-order valence-electron chi connectivity index (χ4n) is 3.75. The van der Waals surface area contributed by atoms with Crippen LogP contribution in [-0.4, -0.2) is 64.5 Å². The van der Waals surface area contributed by atoms with Gasteiger partial charge in [-0.15, -0.1) is 5.10 Å². The number of rotatable bonds is 3. The zero-order valence-electron chi connectivity index (χ0n) is 15.6. The molecule has 9 heteroatoms. The molecule has 2 N–H and O–H groups in total.